The molecule has 0 bridgehead atoms. The average Bonchev–Trinajstić information content (AvgIpc) is 3.21. The zero-order valence-electron chi connectivity index (χ0n) is 27.9. The Morgan fingerprint density at radius 2 is 0.647 bits per heavy atom. The maximum absolute atomic E-state index is 7.57. The van der Waals surface area contributed by atoms with Gasteiger partial charge in [-0.25, -0.2) is 0 Å². The van der Waals surface area contributed by atoms with E-state index in [2.05, 4.69) is 176 Å². The van der Waals surface area contributed by atoms with Crippen LogP contribution in [0.25, 0.3) is 33.4 Å². The predicted molar refractivity (Wildman–Crippen MR) is 214 cm³/mol. The minimum Gasteiger partial charge on any atom is -0.456 e. The van der Waals surface area contributed by atoms with Crippen molar-refractivity contribution in [1.82, 2.24) is 0 Å². The highest BCUT2D eigenvalue weighted by Gasteiger charge is 2.36. The molecule has 0 amide bonds. The van der Waals surface area contributed by atoms with Gasteiger partial charge in [0, 0.05) is 19.6 Å². The van der Waals surface area contributed by atoms with Gasteiger partial charge in [-0.2, -0.15) is 0 Å². The van der Waals surface area contributed by atoms with Gasteiger partial charge in [-0.3, -0.25) is 0 Å². The maximum atomic E-state index is 7.57. The molecule has 0 fully saturated rings. The SMILES string of the molecule is Clc1c(Oc2ccccc2)cccc1S(c1ccc(-c2ccccc2)cc1)(c1ccc(-c2ccccc2)cc1)c1ccc(-c2ccccc2)cc1. The highest BCUT2D eigenvalue weighted by molar-refractivity contribution is 8.34. The summed E-state index contributed by atoms with van der Waals surface area (Å²) in [6.07, 6.45) is 0. The van der Waals surface area contributed by atoms with Crippen LogP contribution in [0.2, 0.25) is 5.02 Å². The largest absolute Gasteiger partial charge is 0.456 e. The Balaban J connectivity index is 1.38. The van der Waals surface area contributed by atoms with Gasteiger partial charge in [0.05, 0.1) is 5.02 Å². The summed E-state index contributed by atoms with van der Waals surface area (Å²) >= 11 is 7.57. The summed E-state index contributed by atoms with van der Waals surface area (Å²) in [6.45, 7) is 0. The molecule has 0 aliphatic rings. The van der Waals surface area contributed by atoms with E-state index >= 15 is 0 Å². The number of benzene rings is 8. The van der Waals surface area contributed by atoms with Crippen LogP contribution in [-0.4, -0.2) is 0 Å². The van der Waals surface area contributed by atoms with Crippen molar-refractivity contribution in [3.05, 3.63) is 217 Å². The first-order valence-electron chi connectivity index (χ1n) is 17.0. The monoisotopic (exact) mass is 694 g/mol. The number of hydrogen-bond donors (Lipinski definition) is 0. The van der Waals surface area contributed by atoms with Gasteiger partial charge in [0.15, 0.2) is 0 Å². The highest BCUT2D eigenvalue weighted by atomic mass is 35.5. The van der Waals surface area contributed by atoms with E-state index in [0.717, 1.165) is 10.6 Å². The standard InChI is InChI=1S/C48H35ClOS/c49-48-46(50-42-20-11-4-12-21-42)22-13-23-47(48)51(43-30-24-39(25-31-43)36-14-5-1-6-15-36,44-32-26-40(27-33-44)37-16-7-2-8-17-37)45-34-28-41(29-35-45)38-18-9-3-10-19-38/h1-35H. The first-order valence-corrected chi connectivity index (χ1v) is 19.0. The van der Waals surface area contributed by atoms with Gasteiger partial charge in [0.25, 0.3) is 0 Å². The molecule has 0 aliphatic heterocycles. The summed E-state index contributed by atoms with van der Waals surface area (Å²) in [6, 6.07) is 74.8. The summed E-state index contributed by atoms with van der Waals surface area (Å²) < 4.78 is 6.46. The van der Waals surface area contributed by atoms with E-state index in [4.69, 9.17) is 16.3 Å². The first-order chi connectivity index (χ1) is 25.2. The molecule has 3 heteroatoms. The van der Waals surface area contributed by atoms with Crippen molar-refractivity contribution < 1.29 is 4.74 Å². The van der Waals surface area contributed by atoms with Crippen LogP contribution in [-0.2, 0) is 0 Å². The van der Waals surface area contributed by atoms with E-state index in [0.29, 0.717) is 10.8 Å². The number of hydrogen-bond acceptors (Lipinski definition) is 1. The summed E-state index contributed by atoms with van der Waals surface area (Å²) in [4.78, 5) is 4.56. The Morgan fingerprint density at radius 1 is 0.314 bits per heavy atom. The Hall–Kier alpha value is -5.80. The van der Waals surface area contributed by atoms with Crippen molar-refractivity contribution in [3.8, 4) is 44.9 Å². The van der Waals surface area contributed by atoms with Crippen LogP contribution in [0.1, 0.15) is 0 Å². The third-order valence-corrected chi connectivity index (χ3v) is 13.6. The van der Waals surface area contributed by atoms with Crippen molar-refractivity contribution in [2.24, 2.45) is 0 Å². The molecule has 0 saturated carbocycles. The molecular weight excluding hydrogens is 660 g/mol. The van der Waals surface area contributed by atoms with Crippen LogP contribution < -0.4 is 4.74 Å². The molecule has 0 heterocycles. The summed E-state index contributed by atoms with van der Waals surface area (Å²) in [5.74, 6) is 1.36. The van der Waals surface area contributed by atoms with Crippen LogP contribution >= 0.6 is 21.6 Å². The molecule has 0 unspecified atom stereocenters. The summed E-state index contributed by atoms with van der Waals surface area (Å²) in [5, 5.41) is 0.600. The summed E-state index contributed by atoms with van der Waals surface area (Å²) in [7, 11) is -2.17. The molecule has 8 aromatic rings. The lowest BCUT2D eigenvalue weighted by molar-refractivity contribution is 0.481. The molecule has 0 spiro atoms. The Bertz CT molecular complexity index is 2140. The quantitative estimate of drug-likeness (QED) is 0.146. The fourth-order valence-electron chi connectivity index (χ4n) is 6.66. The van der Waals surface area contributed by atoms with Gasteiger partial charge < -0.3 is 4.74 Å². The fourth-order valence-corrected chi connectivity index (χ4v) is 11.0. The second-order valence-corrected chi connectivity index (χ2v) is 15.7. The molecule has 1 nitrogen and oxygen atoms in total. The number of rotatable bonds is 9. The van der Waals surface area contributed by atoms with Crippen molar-refractivity contribution in [2.75, 3.05) is 0 Å². The van der Waals surface area contributed by atoms with Crippen LogP contribution in [0.4, 0.5) is 0 Å². The van der Waals surface area contributed by atoms with E-state index in [1.54, 1.807) is 0 Å². The van der Waals surface area contributed by atoms with Crippen molar-refractivity contribution in [1.29, 1.82) is 0 Å². The lowest BCUT2D eigenvalue weighted by Gasteiger charge is -2.43. The third kappa shape index (κ3) is 6.48. The normalized spacial score (nSPS) is 11.5. The minimum absolute atomic E-state index is 0.600. The molecule has 0 aliphatic carbocycles. The van der Waals surface area contributed by atoms with Crippen molar-refractivity contribution in [2.45, 2.75) is 19.6 Å². The van der Waals surface area contributed by atoms with Crippen molar-refractivity contribution >= 4 is 21.6 Å². The second-order valence-electron chi connectivity index (χ2n) is 12.3. The summed E-state index contributed by atoms with van der Waals surface area (Å²) in [5.41, 5.74) is 7.04. The van der Waals surface area contributed by atoms with Crippen LogP contribution in [0.15, 0.2) is 232 Å². The average molecular weight is 695 g/mol. The van der Waals surface area contributed by atoms with Gasteiger partial charge in [0.1, 0.15) is 11.5 Å². The van der Waals surface area contributed by atoms with Crippen molar-refractivity contribution in [3.63, 3.8) is 0 Å². The zero-order chi connectivity index (χ0) is 34.5. The zero-order valence-corrected chi connectivity index (χ0v) is 29.5. The third-order valence-electron chi connectivity index (χ3n) is 9.17. The van der Waals surface area contributed by atoms with E-state index in [-0.39, 0.29) is 0 Å². The molecule has 0 radical (unpaired) electrons. The highest BCUT2D eigenvalue weighted by Crippen LogP contribution is 2.75. The molecule has 246 valence electrons. The van der Waals surface area contributed by atoms with Gasteiger partial charge in [-0.15, -0.1) is 10.0 Å². The number of ether oxygens (including phenoxy) is 1. The molecular formula is C48H35ClOS. The molecule has 0 atom stereocenters. The number of para-hydroxylation sites is 1. The molecule has 0 aromatic heterocycles. The van der Waals surface area contributed by atoms with E-state index in [1.165, 1.54) is 48.1 Å². The van der Waals surface area contributed by atoms with Gasteiger partial charge in [-0.1, -0.05) is 163 Å². The Kier molecular flexibility index (Phi) is 9.27. The lowest BCUT2D eigenvalue weighted by Crippen LogP contribution is -2.06. The van der Waals surface area contributed by atoms with Gasteiger partial charge >= 0.3 is 0 Å². The first kappa shape index (κ1) is 32.4. The van der Waals surface area contributed by atoms with Crippen LogP contribution in [0.5, 0.6) is 11.5 Å². The molecule has 0 N–H and O–H groups in total. The van der Waals surface area contributed by atoms with E-state index in [1.807, 2.05) is 36.4 Å². The van der Waals surface area contributed by atoms with E-state index < -0.39 is 10.0 Å². The predicted octanol–water partition coefficient (Wildman–Crippen LogP) is 14.5. The topological polar surface area (TPSA) is 9.23 Å². The minimum atomic E-state index is -2.17. The van der Waals surface area contributed by atoms with Gasteiger partial charge in [-0.05, 0) is 94.0 Å². The smallest absolute Gasteiger partial charge is 0.147 e. The Morgan fingerprint density at radius 3 is 1.02 bits per heavy atom. The Labute approximate surface area is 306 Å². The molecule has 0 saturated heterocycles. The molecule has 8 rings (SSSR count). The number of halogens is 1. The maximum Gasteiger partial charge on any atom is 0.147 e. The van der Waals surface area contributed by atoms with Crippen LogP contribution in [0, 0.1) is 0 Å². The van der Waals surface area contributed by atoms with E-state index in [9.17, 15) is 0 Å². The molecule has 51 heavy (non-hydrogen) atoms. The van der Waals surface area contributed by atoms with Crippen LogP contribution in [0.3, 0.4) is 0 Å². The molecule has 8 aromatic carbocycles. The van der Waals surface area contributed by atoms with Gasteiger partial charge in [0.2, 0.25) is 0 Å². The fraction of sp³-hybridized carbons (Fsp3) is 0. The second kappa shape index (κ2) is 14.6. The lowest BCUT2D eigenvalue weighted by atomic mass is 10.1.